The van der Waals surface area contributed by atoms with Crippen LogP contribution in [0.2, 0.25) is 0 Å². The molecule has 0 aliphatic carbocycles. The zero-order valence-electron chi connectivity index (χ0n) is 8.39. The molecule has 0 aromatic heterocycles. The first kappa shape index (κ1) is 11.8. The molecule has 0 fully saturated rings. The average Bonchev–Trinajstić information content (AvgIpc) is 2.29. The molecule has 0 radical (unpaired) electrons. The lowest BCUT2D eigenvalue weighted by Crippen LogP contribution is -1.86. The van der Waals surface area contributed by atoms with E-state index in [9.17, 15) is 0 Å². The van der Waals surface area contributed by atoms with Crippen LogP contribution in [0, 0.1) is 11.3 Å². The fraction of sp³-hybridized carbons (Fsp3) is 0.250. The SMILES string of the molecule is N#C/C(=C\CO)CCSc1ccccc1. The van der Waals surface area contributed by atoms with Gasteiger partial charge in [0.1, 0.15) is 0 Å². The van der Waals surface area contributed by atoms with Crippen molar-refractivity contribution in [3.8, 4) is 6.07 Å². The third-order valence-electron chi connectivity index (χ3n) is 1.86. The predicted octanol–water partition coefficient (Wildman–Crippen LogP) is 2.61. The molecule has 0 amide bonds. The number of rotatable bonds is 5. The summed E-state index contributed by atoms with van der Waals surface area (Å²) in [6.45, 7) is -0.0566. The van der Waals surface area contributed by atoms with Crippen LogP contribution in [0.5, 0.6) is 0 Å². The third kappa shape index (κ3) is 4.68. The molecule has 3 heteroatoms. The van der Waals surface area contributed by atoms with E-state index in [0.717, 1.165) is 5.75 Å². The van der Waals surface area contributed by atoms with Crippen molar-refractivity contribution in [2.24, 2.45) is 0 Å². The van der Waals surface area contributed by atoms with Crippen molar-refractivity contribution in [2.75, 3.05) is 12.4 Å². The van der Waals surface area contributed by atoms with Crippen molar-refractivity contribution in [3.63, 3.8) is 0 Å². The van der Waals surface area contributed by atoms with E-state index in [1.807, 2.05) is 30.3 Å². The molecule has 0 atom stereocenters. The fourth-order valence-corrected chi connectivity index (χ4v) is 2.02. The second kappa shape index (κ2) is 7.10. The molecule has 0 spiro atoms. The number of nitriles is 1. The topological polar surface area (TPSA) is 44.0 Å². The Morgan fingerprint density at radius 3 is 2.73 bits per heavy atom. The van der Waals surface area contributed by atoms with Gasteiger partial charge in [0.25, 0.3) is 0 Å². The van der Waals surface area contributed by atoms with Gasteiger partial charge >= 0.3 is 0 Å². The van der Waals surface area contributed by atoms with Gasteiger partial charge < -0.3 is 5.11 Å². The lowest BCUT2D eigenvalue weighted by atomic mass is 10.2. The fourth-order valence-electron chi connectivity index (χ4n) is 1.11. The Labute approximate surface area is 94.2 Å². The minimum Gasteiger partial charge on any atom is -0.392 e. The summed E-state index contributed by atoms with van der Waals surface area (Å²) in [7, 11) is 0. The number of nitrogens with zero attached hydrogens (tertiary/aromatic N) is 1. The Hall–Kier alpha value is -1.24. The van der Waals surface area contributed by atoms with Crippen LogP contribution in [0.15, 0.2) is 46.9 Å². The van der Waals surface area contributed by atoms with Crippen molar-refractivity contribution in [3.05, 3.63) is 42.0 Å². The first-order valence-corrected chi connectivity index (χ1v) is 5.73. The van der Waals surface area contributed by atoms with Crippen molar-refractivity contribution in [1.29, 1.82) is 5.26 Å². The van der Waals surface area contributed by atoms with Crippen LogP contribution in [-0.4, -0.2) is 17.5 Å². The number of allylic oxidation sites excluding steroid dienone is 1. The molecule has 0 aliphatic rings. The largest absolute Gasteiger partial charge is 0.392 e. The van der Waals surface area contributed by atoms with E-state index in [0.29, 0.717) is 12.0 Å². The Bertz CT molecular complexity index is 354. The summed E-state index contributed by atoms with van der Waals surface area (Å²) < 4.78 is 0. The second-order valence-electron chi connectivity index (χ2n) is 2.94. The van der Waals surface area contributed by atoms with E-state index in [-0.39, 0.29) is 6.61 Å². The van der Waals surface area contributed by atoms with Crippen LogP contribution in [-0.2, 0) is 0 Å². The first-order valence-electron chi connectivity index (χ1n) is 4.74. The summed E-state index contributed by atoms with van der Waals surface area (Å²) in [5, 5.41) is 17.4. The van der Waals surface area contributed by atoms with Gasteiger partial charge in [0, 0.05) is 16.2 Å². The van der Waals surface area contributed by atoms with Gasteiger partial charge in [-0.1, -0.05) is 18.2 Å². The maximum atomic E-state index is 8.72. The van der Waals surface area contributed by atoms with Crippen LogP contribution in [0.4, 0.5) is 0 Å². The summed E-state index contributed by atoms with van der Waals surface area (Å²) in [6, 6.07) is 12.2. The lowest BCUT2D eigenvalue weighted by molar-refractivity contribution is 0.342. The second-order valence-corrected chi connectivity index (χ2v) is 4.10. The van der Waals surface area contributed by atoms with Gasteiger partial charge in [-0.25, -0.2) is 0 Å². The van der Waals surface area contributed by atoms with E-state index in [1.54, 1.807) is 17.8 Å². The summed E-state index contributed by atoms with van der Waals surface area (Å²) in [5.74, 6) is 0.864. The molecular formula is C12H13NOS. The number of hydrogen-bond donors (Lipinski definition) is 1. The van der Waals surface area contributed by atoms with E-state index in [1.165, 1.54) is 4.90 Å². The molecule has 15 heavy (non-hydrogen) atoms. The van der Waals surface area contributed by atoms with E-state index >= 15 is 0 Å². The molecule has 0 heterocycles. The molecule has 2 nitrogen and oxygen atoms in total. The van der Waals surface area contributed by atoms with Gasteiger partial charge in [0.15, 0.2) is 0 Å². The van der Waals surface area contributed by atoms with E-state index in [2.05, 4.69) is 6.07 Å². The number of hydrogen-bond acceptors (Lipinski definition) is 3. The minimum absolute atomic E-state index is 0.0566. The quantitative estimate of drug-likeness (QED) is 0.611. The van der Waals surface area contributed by atoms with Crippen LogP contribution >= 0.6 is 11.8 Å². The highest BCUT2D eigenvalue weighted by Gasteiger charge is 1.96. The maximum absolute atomic E-state index is 8.72. The summed E-state index contributed by atoms with van der Waals surface area (Å²) in [5.41, 5.74) is 0.654. The van der Waals surface area contributed by atoms with Crippen LogP contribution in [0.3, 0.4) is 0 Å². The average molecular weight is 219 g/mol. The van der Waals surface area contributed by atoms with Crippen molar-refractivity contribution in [2.45, 2.75) is 11.3 Å². The molecule has 1 aromatic rings. The van der Waals surface area contributed by atoms with E-state index in [4.69, 9.17) is 10.4 Å². The predicted molar refractivity (Wildman–Crippen MR) is 62.6 cm³/mol. The summed E-state index contributed by atoms with van der Waals surface area (Å²) in [6.07, 6.45) is 2.27. The molecule has 1 rings (SSSR count). The monoisotopic (exact) mass is 219 g/mol. The number of benzene rings is 1. The lowest BCUT2D eigenvalue weighted by Gasteiger charge is -2.00. The highest BCUT2D eigenvalue weighted by atomic mass is 32.2. The van der Waals surface area contributed by atoms with Crippen molar-refractivity contribution < 1.29 is 5.11 Å². The normalized spacial score (nSPS) is 11.1. The van der Waals surface area contributed by atoms with Gasteiger partial charge in [-0.15, -0.1) is 11.8 Å². The highest BCUT2D eigenvalue weighted by Crippen LogP contribution is 2.19. The zero-order chi connectivity index (χ0) is 10.9. The molecule has 0 saturated heterocycles. The smallest absolute Gasteiger partial charge is 0.0944 e. The number of thioether (sulfide) groups is 1. The number of aliphatic hydroxyl groups excluding tert-OH is 1. The molecule has 1 aromatic carbocycles. The Balaban J connectivity index is 2.34. The summed E-state index contributed by atoms with van der Waals surface area (Å²) in [4.78, 5) is 1.21. The summed E-state index contributed by atoms with van der Waals surface area (Å²) >= 11 is 1.72. The Kier molecular flexibility index (Phi) is 5.60. The Morgan fingerprint density at radius 1 is 1.40 bits per heavy atom. The zero-order valence-corrected chi connectivity index (χ0v) is 9.20. The van der Waals surface area contributed by atoms with Crippen LogP contribution < -0.4 is 0 Å². The molecule has 0 unspecified atom stereocenters. The molecular weight excluding hydrogens is 206 g/mol. The number of aliphatic hydroxyl groups is 1. The van der Waals surface area contributed by atoms with Gasteiger partial charge in [0.05, 0.1) is 12.7 Å². The van der Waals surface area contributed by atoms with Gasteiger partial charge in [-0.2, -0.15) is 5.26 Å². The first-order chi connectivity index (χ1) is 7.36. The molecule has 78 valence electrons. The van der Waals surface area contributed by atoms with Crippen LogP contribution in [0.1, 0.15) is 6.42 Å². The minimum atomic E-state index is -0.0566. The van der Waals surface area contributed by atoms with Gasteiger partial charge in [-0.3, -0.25) is 0 Å². The van der Waals surface area contributed by atoms with Crippen molar-refractivity contribution >= 4 is 11.8 Å². The highest BCUT2D eigenvalue weighted by molar-refractivity contribution is 7.99. The Morgan fingerprint density at radius 2 is 2.13 bits per heavy atom. The third-order valence-corrected chi connectivity index (χ3v) is 2.88. The van der Waals surface area contributed by atoms with E-state index < -0.39 is 0 Å². The standard InChI is InChI=1S/C12H13NOS/c13-10-11(6-8-14)7-9-15-12-4-2-1-3-5-12/h1-6,14H,7-9H2/b11-6-. The molecule has 0 aliphatic heterocycles. The van der Waals surface area contributed by atoms with Crippen LogP contribution in [0.25, 0.3) is 0 Å². The maximum Gasteiger partial charge on any atom is 0.0944 e. The van der Waals surface area contributed by atoms with Crippen molar-refractivity contribution in [1.82, 2.24) is 0 Å². The molecule has 0 bridgehead atoms. The van der Waals surface area contributed by atoms with Gasteiger partial charge in [-0.05, 0) is 24.6 Å². The molecule has 0 saturated carbocycles. The van der Waals surface area contributed by atoms with Gasteiger partial charge in [0.2, 0.25) is 0 Å². The molecule has 1 N–H and O–H groups in total.